The predicted molar refractivity (Wildman–Crippen MR) is 68.1 cm³/mol. The van der Waals surface area contributed by atoms with Gasteiger partial charge >= 0.3 is 0 Å². The zero-order chi connectivity index (χ0) is 10.7. The van der Waals surface area contributed by atoms with Crippen molar-refractivity contribution in [3.05, 3.63) is 50.4 Å². The molecule has 0 amide bonds. The lowest BCUT2D eigenvalue weighted by molar-refractivity contribution is 1.07. The molecule has 0 saturated heterocycles. The summed E-state index contributed by atoms with van der Waals surface area (Å²) in [4.78, 5) is 4.37. The first kappa shape index (κ1) is 10.6. The van der Waals surface area contributed by atoms with Crippen molar-refractivity contribution < 1.29 is 0 Å². The molecule has 0 aliphatic heterocycles. The fourth-order valence-corrected chi connectivity index (χ4v) is 2.75. The second-order valence-electron chi connectivity index (χ2n) is 3.44. The molecule has 0 bridgehead atoms. The highest BCUT2D eigenvalue weighted by atomic mass is 32.1. The topological polar surface area (TPSA) is 15.8 Å². The molecule has 1 N–H and O–H groups in total. The Labute approximate surface area is 98.8 Å². The molecule has 0 aliphatic carbocycles. The third-order valence-corrected chi connectivity index (χ3v) is 3.63. The minimum Gasteiger partial charge on any atom is -0.343 e. The third kappa shape index (κ3) is 2.55. The Hall–Kier alpha value is -0.930. The quantitative estimate of drug-likeness (QED) is 0.796. The first-order valence-corrected chi connectivity index (χ1v) is 6.26. The monoisotopic (exact) mass is 235 g/mol. The van der Waals surface area contributed by atoms with Crippen molar-refractivity contribution >= 4 is 23.6 Å². The molecule has 0 spiro atoms. The van der Waals surface area contributed by atoms with Gasteiger partial charge in [-0.05, 0) is 29.8 Å². The number of aryl methyl sites for hydroxylation is 1. The molecular weight excluding hydrogens is 222 g/mol. The van der Waals surface area contributed by atoms with E-state index in [-0.39, 0.29) is 0 Å². The number of nitrogens with one attached hydrogen (secondary N) is 1. The van der Waals surface area contributed by atoms with E-state index < -0.39 is 0 Å². The number of benzene rings is 1. The van der Waals surface area contributed by atoms with Crippen molar-refractivity contribution in [1.29, 1.82) is 0 Å². The number of rotatable bonds is 3. The van der Waals surface area contributed by atoms with Crippen LogP contribution >= 0.6 is 23.6 Å². The van der Waals surface area contributed by atoms with E-state index in [4.69, 9.17) is 12.2 Å². The summed E-state index contributed by atoms with van der Waals surface area (Å²) in [5, 5.41) is 0. The second-order valence-corrected chi connectivity index (χ2v) is 5.25. The lowest BCUT2D eigenvalue weighted by atomic mass is 10.0. The molecule has 1 heterocycles. The Morgan fingerprint density at radius 1 is 1.27 bits per heavy atom. The summed E-state index contributed by atoms with van der Waals surface area (Å²) in [5.41, 5.74) is 2.84. The zero-order valence-electron chi connectivity index (χ0n) is 8.62. The zero-order valence-corrected chi connectivity index (χ0v) is 10.3. The number of hydrogen-bond donors (Lipinski definition) is 1. The normalized spacial score (nSPS) is 10.5. The molecule has 2 aromatic rings. The van der Waals surface area contributed by atoms with Gasteiger partial charge in [-0.3, -0.25) is 0 Å². The lowest BCUT2D eigenvalue weighted by Gasteiger charge is -2.05. The van der Waals surface area contributed by atoms with Crippen molar-refractivity contribution in [1.82, 2.24) is 4.98 Å². The largest absolute Gasteiger partial charge is 0.343 e. The second kappa shape index (κ2) is 4.73. The highest BCUT2D eigenvalue weighted by Crippen LogP contribution is 2.18. The van der Waals surface area contributed by atoms with Crippen LogP contribution in [0.2, 0.25) is 0 Å². The Morgan fingerprint density at radius 2 is 2.00 bits per heavy atom. The van der Waals surface area contributed by atoms with Crippen LogP contribution in [0.25, 0.3) is 0 Å². The van der Waals surface area contributed by atoms with Gasteiger partial charge in [0.1, 0.15) is 0 Å². The van der Waals surface area contributed by atoms with Crippen LogP contribution in [-0.4, -0.2) is 4.98 Å². The van der Waals surface area contributed by atoms with E-state index in [0.29, 0.717) is 0 Å². The van der Waals surface area contributed by atoms with Gasteiger partial charge in [0.25, 0.3) is 0 Å². The minimum atomic E-state index is 0.860. The van der Waals surface area contributed by atoms with E-state index in [0.717, 1.165) is 16.8 Å². The van der Waals surface area contributed by atoms with Gasteiger partial charge in [-0.1, -0.05) is 31.2 Å². The van der Waals surface area contributed by atoms with E-state index in [1.165, 1.54) is 16.0 Å². The number of hydrogen-bond acceptors (Lipinski definition) is 2. The maximum absolute atomic E-state index is 5.07. The average molecular weight is 235 g/mol. The fourth-order valence-electron chi connectivity index (χ4n) is 1.67. The van der Waals surface area contributed by atoms with Crippen LogP contribution < -0.4 is 0 Å². The number of aromatic amines is 1. The summed E-state index contributed by atoms with van der Waals surface area (Å²) in [7, 11) is 0. The van der Waals surface area contributed by atoms with Crippen LogP contribution in [0.5, 0.6) is 0 Å². The Bertz CT molecular complexity index is 496. The van der Waals surface area contributed by atoms with E-state index in [1.54, 1.807) is 11.3 Å². The van der Waals surface area contributed by atoms with E-state index in [2.05, 4.69) is 36.2 Å². The van der Waals surface area contributed by atoms with Gasteiger partial charge in [-0.25, -0.2) is 0 Å². The lowest BCUT2D eigenvalue weighted by Crippen LogP contribution is -1.91. The SMILES string of the molecule is CCc1ccccc1Cc1c[nH]c(=S)s1. The molecule has 78 valence electrons. The van der Waals surface area contributed by atoms with E-state index >= 15 is 0 Å². The molecule has 0 aliphatic rings. The first-order chi connectivity index (χ1) is 7.29. The average Bonchev–Trinajstić information content (AvgIpc) is 2.65. The summed E-state index contributed by atoms with van der Waals surface area (Å²) in [6, 6.07) is 8.59. The molecule has 0 atom stereocenters. The molecule has 0 unspecified atom stereocenters. The summed E-state index contributed by atoms with van der Waals surface area (Å²) in [5.74, 6) is 0. The number of H-pyrrole nitrogens is 1. The third-order valence-electron chi connectivity index (χ3n) is 2.44. The van der Waals surface area contributed by atoms with Crippen molar-refractivity contribution in [3.63, 3.8) is 0 Å². The highest BCUT2D eigenvalue weighted by molar-refractivity contribution is 7.73. The van der Waals surface area contributed by atoms with Crippen molar-refractivity contribution in [3.8, 4) is 0 Å². The molecule has 1 aromatic carbocycles. The molecule has 0 saturated carbocycles. The maximum atomic E-state index is 5.07. The molecule has 1 nitrogen and oxygen atoms in total. The van der Waals surface area contributed by atoms with E-state index in [1.807, 2.05) is 6.20 Å². The van der Waals surface area contributed by atoms with Gasteiger partial charge in [-0.15, -0.1) is 11.3 Å². The van der Waals surface area contributed by atoms with Crippen LogP contribution in [0.4, 0.5) is 0 Å². The molecule has 15 heavy (non-hydrogen) atoms. The standard InChI is InChI=1S/C12H13NS2/c1-2-9-5-3-4-6-10(9)7-11-8-13-12(14)15-11/h3-6,8H,2,7H2,1H3,(H,13,14). The summed E-state index contributed by atoms with van der Waals surface area (Å²) in [6.45, 7) is 2.19. The molecule has 0 radical (unpaired) electrons. The Morgan fingerprint density at radius 3 is 2.60 bits per heavy atom. The van der Waals surface area contributed by atoms with E-state index in [9.17, 15) is 0 Å². The first-order valence-electron chi connectivity index (χ1n) is 5.03. The van der Waals surface area contributed by atoms with Gasteiger partial charge in [0, 0.05) is 17.5 Å². The predicted octanol–water partition coefficient (Wildman–Crippen LogP) is 3.96. The number of aromatic nitrogens is 1. The Kier molecular flexibility index (Phi) is 3.34. The summed E-state index contributed by atoms with van der Waals surface area (Å²) < 4.78 is 0.860. The van der Waals surface area contributed by atoms with Crippen LogP contribution in [0.15, 0.2) is 30.5 Å². The van der Waals surface area contributed by atoms with Gasteiger partial charge in [0.2, 0.25) is 0 Å². The fraction of sp³-hybridized carbons (Fsp3) is 0.250. The highest BCUT2D eigenvalue weighted by Gasteiger charge is 2.02. The molecule has 1 aromatic heterocycles. The van der Waals surface area contributed by atoms with Crippen molar-refractivity contribution in [2.75, 3.05) is 0 Å². The van der Waals surface area contributed by atoms with Gasteiger partial charge < -0.3 is 4.98 Å². The van der Waals surface area contributed by atoms with Gasteiger partial charge in [0.05, 0.1) is 0 Å². The van der Waals surface area contributed by atoms with Crippen LogP contribution in [0.3, 0.4) is 0 Å². The number of thiazole rings is 1. The Balaban J connectivity index is 2.27. The summed E-state index contributed by atoms with van der Waals surface area (Å²) >= 11 is 6.73. The smallest absolute Gasteiger partial charge is 0.158 e. The van der Waals surface area contributed by atoms with Gasteiger partial charge in [0.15, 0.2) is 3.95 Å². The minimum absolute atomic E-state index is 0.860. The molecule has 2 rings (SSSR count). The molecular formula is C12H13NS2. The molecule has 0 fully saturated rings. The van der Waals surface area contributed by atoms with Gasteiger partial charge in [-0.2, -0.15) is 0 Å². The maximum Gasteiger partial charge on any atom is 0.158 e. The van der Waals surface area contributed by atoms with Crippen LogP contribution in [0, 0.1) is 3.95 Å². The summed E-state index contributed by atoms with van der Waals surface area (Å²) in [6.07, 6.45) is 4.09. The molecule has 3 heteroatoms. The van der Waals surface area contributed by atoms with Crippen molar-refractivity contribution in [2.24, 2.45) is 0 Å². The van der Waals surface area contributed by atoms with Crippen LogP contribution in [0.1, 0.15) is 22.9 Å². The van der Waals surface area contributed by atoms with Crippen LogP contribution in [-0.2, 0) is 12.8 Å². The van der Waals surface area contributed by atoms with Crippen molar-refractivity contribution in [2.45, 2.75) is 19.8 Å².